The Morgan fingerprint density at radius 1 is 1.64 bits per heavy atom. The predicted octanol–water partition coefficient (Wildman–Crippen LogP) is -0.718. The number of nitrogens with zero attached hydrogens (tertiary/aromatic N) is 2. The number of hydrazine groups is 1. The minimum absolute atomic E-state index is 0.0875. The van der Waals surface area contributed by atoms with Gasteiger partial charge in [0.2, 0.25) is 5.91 Å². The molecule has 1 atom stereocenters. The van der Waals surface area contributed by atoms with Gasteiger partial charge in [0.15, 0.2) is 5.82 Å². The molecule has 2 heterocycles. The van der Waals surface area contributed by atoms with Gasteiger partial charge in [-0.2, -0.15) is 5.10 Å². The van der Waals surface area contributed by atoms with Crippen molar-refractivity contribution in [3.8, 4) is 0 Å². The van der Waals surface area contributed by atoms with Crippen LogP contribution in [0.2, 0.25) is 0 Å². The number of carbonyl (C=O) groups excluding carboxylic acids is 1. The third kappa shape index (κ3) is 2.04. The molecule has 74 valence electrons. The summed E-state index contributed by atoms with van der Waals surface area (Å²) in [4.78, 5) is 11.5. The van der Waals surface area contributed by atoms with Crippen molar-refractivity contribution in [1.82, 2.24) is 21.0 Å². The number of hydrogen-bond donors (Lipinski definition) is 3. The monoisotopic (exact) mass is 193 g/mol. The van der Waals surface area contributed by atoms with Crippen LogP contribution in [-0.2, 0) is 4.79 Å². The maximum absolute atomic E-state index is 11.5. The first-order chi connectivity index (χ1) is 6.86. The van der Waals surface area contributed by atoms with E-state index in [0.717, 1.165) is 13.0 Å². The van der Waals surface area contributed by atoms with Crippen LogP contribution in [0.15, 0.2) is 18.3 Å². The van der Waals surface area contributed by atoms with E-state index in [1.54, 1.807) is 18.3 Å². The smallest absolute Gasteiger partial charge is 0.244 e. The van der Waals surface area contributed by atoms with Crippen LogP contribution in [0.4, 0.5) is 5.82 Å². The first-order valence-electron chi connectivity index (χ1n) is 4.43. The summed E-state index contributed by atoms with van der Waals surface area (Å²) < 4.78 is 0. The standard InChI is InChI=1S/C8H11N5O/c14-8(6-3-5-10-12-6)11-7-2-1-4-9-13-7/h1-2,4,6,10,12H,3,5H2,(H,11,13,14). The lowest BCUT2D eigenvalue weighted by molar-refractivity contribution is -0.117. The Bertz CT molecular complexity index is 309. The molecule has 2 rings (SSSR count). The van der Waals surface area contributed by atoms with Crippen molar-refractivity contribution >= 4 is 11.7 Å². The zero-order valence-corrected chi connectivity index (χ0v) is 7.53. The lowest BCUT2D eigenvalue weighted by Crippen LogP contribution is -2.39. The van der Waals surface area contributed by atoms with Crippen molar-refractivity contribution in [2.24, 2.45) is 0 Å². The second kappa shape index (κ2) is 4.12. The number of hydrogen-bond acceptors (Lipinski definition) is 5. The van der Waals surface area contributed by atoms with Gasteiger partial charge in [-0.1, -0.05) is 0 Å². The largest absolute Gasteiger partial charge is 0.308 e. The normalized spacial score (nSPS) is 20.7. The summed E-state index contributed by atoms with van der Waals surface area (Å²) in [5.74, 6) is 0.390. The Hall–Kier alpha value is -1.53. The second-order valence-electron chi connectivity index (χ2n) is 3.01. The Morgan fingerprint density at radius 3 is 3.21 bits per heavy atom. The molecule has 14 heavy (non-hydrogen) atoms. The minimum atomic E-state index is -0.183. The maximum atomic E-state index is 11.5. The molecule has 3 N–H and O–H groups in total. The van der Waals surface area contributed by atoms with Crippen LogP contribution in [0.1, 0.15) is 6.42 Å². The molecule has 0 aliphatic carbocycles. The molecular formula is C8H11N5O. The van der Waals surface area contributed by atoms with Crippen molar-refractivity contribution in [1.29, 1.82) is 0 Å². The second-order valence-corrected chi connectivity index (χ2v) is 3.01. The van der Waals surface area contributed by atoms with Gasteiger partial charge < -0.3 is 5.32 Å². The summed E-state index contributed by atoms with van der Waals surface area (Å²) in [6, 6.07) is 3.24. The fourth-order valence-electron chi connectivity index (χ4n) is 1.26. The van der Waals surface area contributed by atoms with Crippen LogP contribution >= 0.6 is 0 Å². The van der Waals surface area contributed by atoms with Gasteiger partial charge in [-0.25, -0.2) is 5.43 Å². The highest BCUT2D eigenvalue weighted by atomic mass is 16.2. The highest BCUT2D eigenvalue weighted by molar-refractivity contribution is 5.94. The van der Waals surface area contributed by atoms with Gasteiger partial charge in [0.05, 0.1) is 0 Å². The quantitative estimate of drug-likeness (QED) is 0.577. The van der Waals surface area contributed by atoms with Crippen molar-refractivity contribution in [2.45, 2.75) is 12.5 Å². The fraction of sp³-hybridized carbons (Fsp3) is 0.375. The topological polar surface area (TPSA) is 78.9 Å². The lowest BCUT2D eigenvalue weighted by Gasteiger charge is -2.08. The van der Waals surface area contributed by atoms with Gasteiger partial charge in [0.1, 0.15) is 6.04 Å². The Labute approximate surface area is 81.1 Å². The molecule has 1 saturated heterocycles. The van der Waals surface area contributed by atoms with Gasteiger partial charge in [-0.3, -0.25) is 10.2 Å². The first kappa shape index (κ1) is 9.04. The van der Waals surface area contributed by atoms with E-state index in [9.17, 15) is 4.79 Å². The average Bonchev–Trinajstić information content (AvgIpc) is 2.72. The predicted molar refractivity (Wildman–Crippen MR) is 50.2 cm³/mol. The molecule has 0 bridgehead atoms. The molecule has 0 spiro atoms. The molecule has 6 nitrogen and oxygen atoms in total. The lowest BCUT2D eigenvalue weighted by atomic mass is 10.2. The van der Waals surface area contributed by atoms with Crippen LogP contribution < -0.4 is 16.2 Å². The average molecular weight is 193 g/mol. The molecular weight excluding hydrogens is 182 g/mol. The van der Waals surface area contributed by atoms with Crippen LogP contribution in [0.25, 0.3) is 0 Å². The minimum Gasteiger partial charge on any atom is -0.308 e. The molecule has 6 heteroatoms. The Balaban J connectivity index is 1.94. The summed E-state index contributed by atoms with van der Waals surface area (Å²) in [6.45, 7) is 0.804. The van der Waals surface area contributed by atoms with Gasteiger partial charge in [-0.05, 0) is 18.6 Å². The SMILES string of the molecule is O=C(Nc1cccnn1)C1CCNN1. The third-order valence-corrected chi connectivity index (χ3v) is 1.97. The molecule has 1 aliphatic rings. The summed E-state index contributed by atoms with van der Waals surface area (Å²) in [7, 11) is 0. The van der Waals surface area contributed by atoms with E-state index < -0.39 is 0 Å². The molecule has 1 amide bonds. The molecule has 1 unspecified atom stereocenters. The van der Waals surface area contributed by atoms with Gasteiger partial charge in [0.25, 0.3) is 0 Å². The van der Waals surface area contributed by atoms with Crippen LogP contribution in [0.3, 0.4) is 0 Å². The maximum Gasteiger partial charge on any atom is 0.244 e. The summed E-state index contributed by atoms with van der Waals surface area (Å²) in [6.07, 6.45) is 2.34. The molecule has 0 saturated carbocycles. The number of anilines is 1. The molecule has 0 aromatic carbocycles. The highest BCUT2D eigenvalue weighted by Gasteiger charge is 2.21. The van der Waals surface area contributed by atoms with E-state index in [2.05, 4.69) is 26.4 Å². The van der Waals surface area contributed by atoms with Crippen molar-refractivity contribution in [2.75, 3.05) is 11.9 Å². The van der Waals surface area contributed by atoms with E-state index in [-0.39, 0.29) is 11.9 Å². The molecule has 1 fully saturated rings. The van der Waals surface area contributed by atoms with E-state index in [4.69, 9.17) is 0 Å². The zero-order valence-electron chi connectivity index (χ0n) is 7.53. The van der Waals surface area contributed by atoms with E-state index in [1.807, 2.05) is 0 Å². The van der Waals surface area contributed by atoms with E-state index >= 15 is 0 Å². The summed E-state index contributed by atoms with van der Waals surface area (Å²) in [5, 5.41) is 10.1. The number of rotatable bonds is 2. The molecule has 0 radical (unpaired) electrons. The number of nitrogens with one attached hydrogen (secondary N) is 3. The van der Waals surface area contributed by atoms with Crippen molar-refractivity contribution in [3.05, 3.63) is 18.3 Å². The van der Waals surface area contributed by atoms with Crippen LogP contribution in [0, 0.1) is 0 Å². The summed E-state index contributed by atoms with van der Waals surface area (Å²) in [5.41, 5.74) is 5.76. The Morgan fingerprint density at radius 2 is 2.57 bits per heavy atom. The number of amides is 1. The zero-order chi connectivity index (χ0) is 9.80. The summed E-state index contributed by atoms with van der Waals surface area (Å²) >= 11 is 0. The van der Waals surface area contributed by atoms with Crippen LogP contribution in [0.5, 0.6) is 0 Å². The van der Waals surface area contributed by atoms with E-state index in [0.29, 0.717) is 5.82 Å². The fourth-order valence-corrected chi connectivity index (χ4v) is 1.26. The van der Waals surface area contributed by atoms with Crippen molar-refractivity contribution < 1.29 is 4.79 Å². The molecule has 1 aliphatic heterocycles. The van der Waals surface area contributed by atoms with E-state index in [1.165, 1.54) is 0 Å². The van der Waals surface area contributed by atoms with Crippen LogP contribution in [-0.4, -0.2) is 28.7 Å². The number of aromatic nitrogens is 2. The van der Waals surface area contributed by atoms with Gasteiger partial charge in [0, 0.05) is 12.7 Å². The first-order valence-corrected chi connectivity index (χ1v) is 4.43. The van der Waals surface area contributed by atoms with Gasteiger partial charge in [-0.15, -0.1) is 5.10 Å². The highest BCUT2D eigenvalue weighted by Crippen LogP contribution is 2.02. The third-order valence-electron chi connectivity index (χ3n) is 1.97. The van der Waals surface area contributed by atoms with Crippen molar-refractivity contribution in [3.63, 3.8) is 0 Å². The Kier molecular flexibility index (Phi) is 2.66. The number of carbonyl (C=O) groups is 1. The molecule has 1 aromatic heterocycles. The van der Waals surface area contributed by atoms with Gasteiger partial charge >= 0.3 is 0 Å². The molecule has 1 aromatic rings.